The normalized spacial score (nSPS) is 12.7. The number of alkyl halides is 2. The second-order valence-electron chi connectivity index (χ2n) is 3.70. The molecule has 4 nitrogen and oxygen atoms in total. The molecule has 1 aromatic carbocycles. The van der Waals surface area contributed by atoms with Gasteiger partial charge in [0.2, 0.25) is 0 Å². The number of nitrogens with one attached hydrogen (secondary N) is 1. The van der Waals surface area contributed by atoms with Crippen molar-refractivity contribution in [2.24, 2.45) is 0 Å². The lowest BCUT2D eigenvalue weighted by atomic mass is 10.2. The Labute approximate surface area is 105 Å². The van der Waals surface area contributed by atoms with Crippen molar-refractivity contribution in [3.05, 3.63) is 29.8 Å². The van der Waals surface area contributed by atoms with Gasteiger partial charge in [-0.2, -0.15) is 8.78 Å². The molecule has 18 heavy (non-hydrogen) atoms. The highest BCUT2D eigenvalue weighted by molar-refractivity contribution is 5.33. The Morgan fingerprint density at radius 1 is 1.33 bits per heavy atom. The molecule has 0 fully saturated rings. The van der Waals surface area contributed by atoms with E-state index in [0.717, 1.165) is 0 Å². The van der Waals surface area contributed by atoms with Gasteiger partial charge in [-0.1, -0.05) is 18.2 Å². The molecule has 1 atom stereocenters. The number of aliphatic hydroxyl groups is 1. The molecule has 0 spiro atoms. The maximum Gasteiger partial charge on any atom is 0.387 e. The first-order valence-corrected chi connectivity index (χ1v) is 5.53. The molecule has 0 aromatic heterocycles. The van der Waals surface area contributed by atoms with E-state index in [-0.39, 0.29) is 18.4 Å². The van der Waals surface area contributed by atoms with Gasteiger partial charge in [0.25, 0.3) is 0 Å². The zero-order chi connectivity index (χ0) is 13.4. The van der Waals surface area contributed by atoms with Gasteiger partial charge in [0, 0.05) is 19.2 Å². The van der Waals surface area contributed by atoms with Crippen LogP contribution in [0.3, 0.4) is 0 Å². The van der Waals surface area contributed by atoms with Gasteiger partial charge in [0.1, 0.15) is 5.75 Å². The molecule has 6 heteroatoms. The molecule has 102 valence electrons. The number of aliphatic hydroxyl groups excluding tert-OH is 1. The van der Waals surface area contributed by atoms with E-state index in [1.54, 1.807) is 18.2 Å². The Kier molecular flexibility index (Phi) is 6.56. The lowest BCUT2D eigenvalue weighted by Gasteiger charge is -2.16. The van der Waals surface area contributed by atoms with Crippen LogP contribution in [-0.2, 0) is 11.3 Å². The van der Waals surface area contributed by atoms with Crippen LogP contribution in [0.4, 0.5) is 8.78 Å². The van der Waals surface area contributed by atoms with Gasteiger partial charge in [0.15, 0.2) is 0 Å². The highest BCUT2D eigenvalue weighted by Gasteiger charge is 2.11. The fourth-order valence-corrected chi connectivity index (χ4v) is 1.49. The van der Waals surface area contributed by atoms with Gasteiger partial charge >= 0.3 is 6.61 Å². The van der Waals surface area contributed by atoms with E-state index in [2.05, 4.69) is 10.1 Å². The fraction of sp³-hybridized carbons (Fsp3) is 0.500. The van der Waals surface area contributed by atoms with Crippen molar-refractivity contribution in [2.45, 2.75) is 19.2 Å². The standard InChI is InChI=1S/C12H17F2NO3/c1-17-8-10(7-16)15-6-9-4-2-3-5-11(9)18-12(13)14/h2-5,10,12,15-16H,6-8H2,1H3. The quantitative estimate of drug-likeness (QED) is 0.742. The van der Waals surface area contributed by atoms with Gasteiger partial charge < -0.3 is 19.9 Å². The van der Waals surface area contributed by atoms with Gasteiger partial charge in [-0.15, -0.1) is 0 Å². The minimum absolute atomic E-state index is 0.0916. The van der Waals surface area contributed by atoms with Crippen molar-refractivity contribution >= 4 is 0 Å². The van der Waals surface area contributed by atoms with Crippen LogP contribution < -0.4 is 10.1 Å². The Bertz CT molecular complexity index is 350. The second kappa shape index (κ2) is 7.97. The maximum atomic E-state index is 12.2. The van der Waals surface area contributed by atoms with E-state index in [9.17, 15) is 8.78 Å². The molecule has 1 aromatic rings. The zero-order valence-corrected chi connectivity index (χ0v) is 10.1. The van der Waals surface area contributed by atoms with Crippen molar-refractivity contribution in [3.63, 3.8) is 0 Å². The van der Waals surface area contributed by atoms with Crippen LogP contribution in [0.25, 0.3) is 0 Å². The highest BCUT2D eigenvalue weighted by atomic mass is 19.3. The number of methoxy groups -OCH3 is 1. The molecule has 0 amide bonds. The molecule has 0 saturated heterocycles. The summed E-state index contributed by atoms with van der Waals surface area (Å²) in [6.07, 6.45) is 0. The van der Waals surface area contributed by atoms with E-state index >= 15 is 0 Å². The van der Waals surface area contributed by atoms with Crippen LogP contribution in [0, 0.1) is 0 Å². The molecule has 0 aliphatic rings. The molecule has 1 unspecified atom stereocenters. The maximum absolute atomic E-state index is 12.2. The summed E-state index contributed by atoms with van der Waals surface area (Å²) in [7, 11) is 1.53. The molecule has 0 aliphatic heterocycles. The number of rotatable bonds is 8. The second-order valence-corrected chi connectivity index (χ2v) is 3.70. The monoisotopic (exact) mass is 261 g/mol. The smallest absolute Gasteiger partial charge is 0.387 e. The third kappa shape index (κ3) is 4.95. The van der Waals surface area contributed by atoms with Crippen LogP contribution >= 0.6 is 0 Å². The molecule has 2 N–H and O–H groups in total. The van der Waals surface area contributed by atoms with Crippen molar-refractivity contribution in [3.8, 4) is 5.75 Å². The third-order valence-corrected chi connectivity index (χ3v) is 2.36. The Balaban J connectivity index is 2.60. The van der Waals surface area contributed by atoms with Crippen LogP contribution in [0.5, 0.6) is 5.75 Å². The topological polar surface area (TPSA) is 50.7 Å². The predicted molar refractivity (Wildman–Crippen MR) is 62.7 cm³/mol. The fourth-order valence-electron chi connectivity index (χ4n) is 1.49. The number of halogens is 2. The summed E-state index contributed by atoms with van der Waals surface area (Å²) in [5.41, 5.74) is 0.604. The minimum atomic E-state index is -2.85. The largest absolute Gasteiger partial charge is 0.434 e. The lowest BCUT2D eigenvalue weighted by molar-refractivity contribution is -0.0505. The Morgan fingerprint density at radius 2 is 2.06 bits per heavy atom. The van der Waals surface area contributed by atoms with Crippen LogP contribution in [0.15, 0.2) is 24.3 Å². The molecule has 0 saturated carbocycles. The molecular weight excluding hydrogens is 244 g/mol. The first kappa shape index (κ1) is 14.8. The summed E-state index contributed by atoms with van der Waals surface area (Å²) in [6.45, 7) is -2.28. The molecule has 0 bridgehead atoms. The number of para-hydroxylation sites is 1. The molecular formula is C12H17F2NO3. The van der Waals surface area contributed by atoms with E-state index in [4.69, 9.17) is 9.84 Å². The van der Waals surface area contributed by atoms with E-state index < -0.39 is 6.61 Å². The van der Waals surface area contributed by atoms with Gasteiger partial charge in [-0.3, -0.25) is 0 Å². The molecule has 1 rings (SSSR count). The Morgan fingerprint density at radius 3 is 2.67 bits per heavy atom. The van der Waals surface area contributed by atoms with E-state index in [0.29, 0.717) is 18.7 Å². The van der Waals surface area contributed by atoms with Crippen molar-refractivity contribution in [1.29, 1.82) is 0 Å². The predicted octanol–water partition coefficient (Wildman–Crippen LogP) is 1.38. The first-order valence-electron chi connectivity index (χ1n) is 5.53. The summed E-state index contributed by atoms with van der Waals surface area (Å²) >= 11 is 0. The van der Waals surface area contributed by atoms with Gasteiger partial charge in [0.05, 0.1) is 19.3 Å². The number of ether oxygens (including phenoxy) is 2. The molecule has 0 aliphatic carbocycles. The third-order valence-electron chi connectivity index (χ3n) is 2.36. The van der Waals surface area contributed by atoms with Crippen molar-refractivity contribution in [1.82, 2.24) is 5.32 Å². The average molecular weight is 261 g/mol. The minimum Gasteiger partial charge on any atom is -0.434 e. The number of hydrogen-bond donors (Lipinski definition) is 2. The summed E-state index contributed by atoms with van der Waals surface area (Å²) < 4.78 is 33.7. The average Bonchev–Trinajstić information content (AvgIpc) is 2.35. The summed E-state index contributed by atoms with van der Waals surface area (Å²) in [5.74, 6) is 0.133. The summed E-state index contributed by atoms with van der Waals surface area (Å²) in [4.78, 5) is 0. The zero-order valence-electron chi connectivity index (χ0n) is 10.1. The lowest BCUT2D eigenvalue weighted by Crippen LogP contribution is -2.36. The molecule has 0 heterocycles. The number of hydrogen-bond acceptors (Lipinski definition) is 4. The van der Waals surface area contributed by atoms with Crippen LogP contribution in [-0.4, -0.2) is 38.1 Å². The summed E-state index contributed by atoms with van der Waals surface area (Å²) in [6, 6.07) is 6.29. The summed E-state index contributed by atoms with van der Waals surface area (Å²) in [5, 5.41) is 12.1. The SMILES string of the molecule is COCC(CO)NCc1ccccc1OC(F)F. The van der Waals surface area contributed by atoms with E-state index in [1.807, 2.05) is 0 Å². The van der Waals surface area contributed by atoms with Crippen LogP contribution in [0.2, 0.25) is 0 Å². The van der Waals surface area contributed by atoms with Crippen LogP contribution in [0.1, 0.15) is 5.56 Å². The highest BCUT2D eigenvalue weighted by Crippen LogP contribution is 2.20. The van der Waals surface area contributed by atoms with Crippen molar-refractivity contribution < 1.29 is 23.4 Å². The first-order chi connectivity index (χ1) is 8.67. The van der Waals surface area contributed by atoms with E-state index in [1.165, 1.54) is 13.2 Å². The Hall–Kier alpha value is -1.24. The van der Waals surface area contributed by atoms with Gasteiger partial charge in [-0.05, 0) is 6.07 Å². The van der Waals surface area contributed by atoms with Gasteiger partial charge in [-0.25, -0.2) is 0 Å². The van der Waals surface area contributed by atoms with Crippen molar-refractivity contribution in [2.75, 3.05) is 20.3 Å². The number of benzene rings is 1. The molecule has 0 radical (unpaired) electrons.